The second kappa shape index (κ2) is 40.8. The van der Waals surface area contributed by atoms with Crippen molar-refractivity contribution in [1.82, 2.24) is 5.32 Å². The third-order valence-corrected chi connectivity index (χ3v) is 10.6. The fraction of sp³-hybridized carbons (Fsp3) is 0.913. The average molecular weight is 736 g/mol. The van der Waals surface area contributed by atoms with Crippen LogP contribution in [0.5, 0.6) is 0 Å². The summed E-state index contributed by atoms with van der Waals surface area (Å²) >= 11 is 0. The zero-order valence-corrected chi connectivity index (χ0v) is 35.0. The Hall–Kier alpha value is -1.40. The summed E-state index contributed by atoms with van der Waals surface area (Å²) in [6, 6.07) is -0.695. The van der Waals surface area contributed by atoms with E-state index in [1.807, 2.05) is 0 Å². The number of allylic oxidation sites excluding steroid dienone is 2. The third-order valence-electron chi connectivity index (χ3n) is 10.6. The zero-order chi connectivity index (χ0) is 38.2. The largest absolute Gasteiger partial charge is 0.462 e. The molecule has 0 saturated heterocycles. The highest BCUT2D eigenvalue weighted by molar-refractivity contribution is 5.77. The Morgan fingerprint density at radius 1 is 0.538 bits per heavy atom. The van der Waals surface area contributed by atoms with Crippen LogP contribution in [-0.4, -0.2) is 46.9 Å². The molecule has 0 aromatic heterocycles. The van der Waals surface area contributed by atoms with Crippen LogP contribution in [0.2, 0.25) is 0 Å². The minimum Gasteiger partial charge on any atom is -0.462 e. The standard InChI is InChI=1S/C46H89NO5/c1-4-7-10-13-16-19-20-21-22-23-24-27-28-31-34-37-42(52-46(51)39-36-33-30-26-18-15-12-9-6-3)40-45(50)47-43(41-48)44(49)38-35-32-29-25-17-14-11-8-5-2/h21-22,42-44,48-49H,4-20,23-41H2,1-3H3,(H,47,50)/b22-21+. The number of hydrogen-bond acceptors (Lipinski definition) is 5. The van der Waals surface area contributed by atoms with Gasteiger partial charge < -0.3 is 20.3 Å². The second-order valence-electron chi connectivity index (χ2n) is 15.8. The Kier molecular flexibility index (Phi) is 39.7. The van der Waals surface area contributed by atoms with Gasteiger partial charge >= 0.3 is 5.97 Å². The number of carbonyl (C=O) groups excluding carboxylic acids is 2. The number of carbonyl (C=O) groups is 2. The van der Waals surface area contributed by atoms with Crippen LogP contribution >= 0.6 is 0 Å². The zero-order valence-electron chi connectivity index (χ0n) is 35.0. The molecule has 0 fully saturated rings. The lowest BCUT2D eigenvalue weighted by molar-refractivity contribution is -0.151. The number of amides is 1. The molecule has 0 aromatic rings. The Morgan fingerprint density at radius 2 is 0.923 bits per heavy atom. The SMILES string of the molecule is CCCCCCCC/C=C/CCCCCCCC(CC(=O)NC(CO)C(O)CCCCCCCCCCC)OC(=O)CCCCCCCCCCC. The van der Waals surface area contributed by atoms with E-state index in [-0.39, 0.29) is 24.9 Å². The molecule has 0 saturated carbocycles. The molecular formula is C46H89NO5. The van der Waals surface area contributed by atoms with Crippen molar-refractivity contribution < 1.29 is 24.5 Å². The molecule has 0 aliphatic rings. The van der Waals surface area contributed by atoms with Gasteiger partial charge in [0.25, 0.3) is 0 Å². The van der Waals surface area contributed by atoms with Gasteiger partial charge in [-0.1, -0.05) is 193 Å². The fourth-order valence-electron chi connectivity index (χ4n) is 7.07. The van der Waals surface area contributed by atoms with Crippen LogP contribution in [0.3, 0.4) is 0 Å². The number of hydrogen-bond donors (Lipinski definition) is 3. The molecule has 3 unspecified atom stereocenters. The first kappa shape index (κ1) is 50.6. The molecule has 0 bridgehead atoms. The molecule has 0 aliphatic heterocycles. The van der Waals surface area contributed by atoms with Crippen molar-refractivity contribution in [3.63, 3.8) is 0 Å². The van der Waals surface area contributed by atoms with Crippen molar-refractivity contribution in [1.29, 1.82) is 0 Å². The molecule has 52 heavy (non-hydrogen) atoms. The second-order valence-corrected chi connectivity index (χ2v) is 15.8. The van der Waals surface area contributed by atoms with Crippen LogP contribution < -0.4 is 5.32 Å². The van der Waals surface area contributed by atoms with E-state index in [4.69, 9.17) is 4.74 Å². The number of aliphatic hydroxyl groups is 2. The van der Waals surface area contributed by atoms with Crippen molar-refractivity contribution in [2.75, 3.05) is 6.61 Å². The van der Waals surface area contributed by atoms with E-state index < -0.39 is 18.2 Å². The maximum absolute atomic E-state index is 13.1. The quantitative estimate of drug-likeness (QED) is 0.0330. The van der Waals surface area contributed by atoms with Gasteiger partial charge in [-0.25, -0.2) is 0 Å². The van der Waals surface area contributed by atoms with Crippen molar-refractivity contribution in [3.8, 4) is 0 Å². The molecule has 1 amide bonds. The summed E-state index contributed by atoms with van der Waals surface area (Å²) in [6.07, 6.45) is 42.7. The maximum Gasteiger partial charge on any atom is 0.306 e. The van der Waals surface area contributed by atoms with Gasteiger partial charge in [0.1, 0.15) is 6.10 Å². The minimum atomic E-state index is -0.781. The molecule has 3 N–H and O–H groups in total. The van der Waals surface area contributed by atoms with Crippen molar-refractivity contribution >= 4 is 11.9 Å². The summed E-state index contributed by atoms with van der Waals surface area (Å²) in [5.74, 6) is -0.476. The van der Waals surface area contributed by atoms with Crippen LogP contribution in [0, 0.1) is 0 Å². The summed E-state index contributed by atoms with van der Waals surface area (Å²) in [5, 5.41) is 23.6. The predicted octanol–water partition coefficient (Wildman–Crippen LogP) is 13.0. The Bertz CT molecular complexity index is 787. The molecule has 3 atom stereocenters. The van der Waals surface area contributed by atoms with E-state index in [9.17, 15) is 19.8 Å². The highest BCUT2D eigenvalue weighted by Gasteiger charge is 2.24. The summed E-state index contributed by atoms with van der Waals surface area (Å²) in [5.41, 5.74) is 0. The molecule has 0 rings (SSSR count). The monoisotopic (exact) mass is 736 g/mol. The van der Waals surface area contributed by atoms with Gasteiger partial charge in [0.15, 0.2) is 0 Å². The lowest BCUT2D eigenvalue weighted by atomic mass is 10.0. The van der Waals surface area contributed by atoms with Gasteiger partial charge in [0.05, 0.1) is 25.2 Å². The van der Waals surface area contributed by atoms with Gasteiger partial charge in [0, 0.05) is 6.42 Å². The van der Waals surface area contributed by atoms with Gasteiger partial charge in [-0.15, -0.1) is 0 Å². The van der Waals surface area contributed by atoms with Crippen LogP contribution in [0.25, 0.3) is 0 Å². The summed E-state index contributed by atoms with van der Waals surface area (Å²) in [4.78, 5) is 25.9. The summed E-state index contributed by atoms with van der Waals surface area (Å²) < 4.78 is 5.89. The van der Waals surface area contributed by atoms with E-state index in [1.54, 1.807) is 0 Å². The topological polar surface area (TPSA) is 95.9 Å². The van der Waals surface area contributed by atoms with Crippen LogP contribution in [0.15, 0.2) is 12.2 Å². The van der Waals surface area contributed by atoms with E-state index in [0.29, 0.717) is 19.3 Å². The van der Waals surface area contributed by atoms with Gasteiger partial charge in [-0.2, -0.15) is 0 Å². The van der Waals surface area contributed by atoms with Gasteiger partial charge in [-0.3, -0.25) is 9.59 Å². The minimum absolute atomic E-state index is 0.0775. The summed E-state index contributed by atoms with van der Waals surface area (Å²) in [7, 11) is 0. The maximum atomic E-state index is 13.1. The molecule has 6 heteroatoms. The number of aliphatic hydroxyl groups excluding tert-OH is 2. The number of rotatable bonds is 41. The smallest absolute Gasteiger partial charge is 0.306 e. The molecule has 0 aromatic carbocycles. The lowest BCUT2D eigenvalue weighted by Crippen LogP contribution is -2.46. The molecule has 0 radical (unpaired) electrons. The fourth-order valence-corrected chi connectivity index (χ4v) is 7.07. The molecular weight excluding hydrogens is 647 g/mol. The molecule has 6 nitrogen and oxygen atoms in total. The van der Waals surface area contributed by atoms with E-state index >= 15 is 0 Å². The van der Waals surface area contributed by atoms with Crippen molar-refractivity contribution in [2.24, 2.45) is 0 Å². The van der Waals surface area contributed by atoms with Crippen LogP contribution in [-0.2, 0) is 14.3 Å². The van der Waals surface area contributed by atoms with Crippen molar-refractivity contribution in [2.45, 2.75) is 264 Å². The molecule has 308 valence electrons. The van der Waals surface area contributed by atoms with E-state index in [0.717, 1.165) is 64.2 Å². The van der Waals surface area contributed by atoms with E-state index in [2.05, 4.69) is 38.2 Å². The van der Waals surface area contributed by atoms with Gasteiger partial charge in [-0.05, 0) is 51.4 Å². The van der Waals surface area contributed by atoms with E-state index in [1.165, 1.54) is 135 Å². The third kappa shape index (κ3) is 35.6. The van der Waals surface area contributed by atoms with Crippen LogP contribution in [0.1, 0.15) is 245 Å². The normalized spacial score (nSPS) is 13.4. The first-order chi connectivity index (χ1) is 25.5. The summed E-state index contributed by atoms with van der Waals surface area (Å²) in [6.45, 7) is 6.44. The Morgan fingerprint density at radius 3 is 1.37 bits per heavy atom. The molecule has 0 spiro atoms. The number of nitrogens with one attached hydrogen (secondary N) is 1. The van der Waals surface area contributed by atoms with Crippen LogP contribution in [0.4, 0.5) is 0 Å². The number of unbranched alkanes of at least 4 members (excludes halogenated alkanes) is 27. The Balaban J connectivity index is 4.57. The number of esters is 1. The Labute approximate surface area is 323 Å². The van der Waals surface area contributed by atoms with Crippen molar-refractivity contribution in [3.05, 3.63) is 12.2 Å². The first-order valence-corrected chi connectivity index (χ1v) is 22.9. The highest BCUT2D eigenvalue weighted by atomic mass is 16.5. The van der Waals surface area contributed by atoms with Gasteiger partial charge in [0.2, 0.25) is 5.91 Å². The highest BCUT2D eigenvalue weighted by Crippen LogP contribution is 2.17. The molecule has 0 aliphatic carbocycles. The average Bonchev–Trinajstić information content (AvgIpc) is 3.13. The predicted molar refractivity (Wildman–Crippen MR) is 223 cm³/mol. The molecule has 0 heterocycles. The first-order valence-electron chi connectivity index (χ1n) is 22.9. The lowest BCUT2D eigenvalue weighted by Gasteiger charge is -2.24. The number of ether oxygens (including phenoxy) is 1.